The normalized spacial score (nSPS) is 11.8. The molecule has 0 radical (unpaired) electrons. The number of rotatable bonds is 5. The quantitative estimate of drug-likeness (QED) is 0.161. The second kappa shape index (κ2) is 12.2. The van der Waals surface area contributed by atoms with Crippen LogP contribution in [0.5, 0.6) is 0 Å². The van der Waals surface area contributed by atoms with Crippen LogP contribution in [0.3, 0.4) is 0 Å². The molecule has 0 aliphatic rings. The highest BCUT2D eigenvalue weighted by Crippen LogP contribution is 2.49. The standard InChI is InChI=1S/C50H31NS2/c1-2-14-35-33(13-1)31-45(38-16-4-3-15-37(35)38)51(34-29-27-32(28-30-34)36-20-12-26-48-49(36)43-19-7-10-25-47(43)52-48)44-23-8-5-17-39(44)41-21-11-22-42-40-18-6-9-24-46(40)53-50(41)42/h1-31H. The Morgan fingerprint density at radius 3 is 1.77 bits per heavy atom. The van der Waals surface area contributed by atoms with Crippen LogP contribution in [0.4, 0.5) is 17.1 Å². The smallest absolute Gasteiger partial charge is 0.0546 e. The molecule has 2 heterocycles. The molecule has 0 unspecified atom stereocenters. The minimum atomic E-state index is 1.12. The van der Waals surface area contributed by atoms with Gasteiger partial charge in [0.2, 0.25) is 0 Å². The summed E-state index contributed by atoms with van der Waals surface area (Å²) in [7, 11) is 0. The summed E-state index contributed by atoms with van der Waals surface area (Å²) in [6, 6.07) is 69.2. The molecule has 0 bridgehead atoms. The van der Waals surface area contributed by atoms with Gasteiger partial charge in [0.15, 0.2) is 0 Å². The van der Waals surface area contributed by atoms with Gasteiger partial charge in [-0.2, -0.15) is 0 Å². The molecular weight excluding hydrogens is 679 g/mol. The van der Waals surface area contributed by atoms with Gasteiger partial charge in [0.25, 0.3) is 0 Å². The van der Waals surface area contributed by atoms with E-state index in [1.54, 1.807) is 0 Å². The van der Waals surface area contributed by atoms with Gasteiger partial charge in [-0.3, -0.25) is 0 Å². The lowest BCUT2D eigenvalue weighted by Crippen LogP contribution is -2.12. The van der Waals surface area contributed by atoms with Crippen LogP contribution in [0, 0.1) is 0 Å². The minimum absolute atomic E-state index is 1.12. The van der Waals surface area contributed by atoms with Crippen molar-refractivity contribution >= 4 is 102 Å². The fraction of sp³-hybridized carbons (Fsp3) is 0. The summed E-state index contributed by atoms with van der Waals surface area (Å²) in [4.78, 5) is 2.49. The highest BCUT2D eigenvalue weighted by Gasteiger charge is 2.22. The summed E-state index contributed by atoms with van der Waals surface area (Å²) in [5.74, 6) is 0. The molecule has 0 aliphatic carbocycles. The average molecular weight is 710 g/mol. The summed E-state index contributed by atoms with van der Waals surface area (Å²) < 4.78 is 5.28. The number of anilines is 3. The maximum Gasteiger partial charge on any atom is 0.0546 e. The van der Waals surface area contributed by atoms with E-state index in [0.29, 0.717) is 0 Å². The van der Waals surface area contributed by atoms with Crippen LogP contribution >= 0.6 is 22.7 Å². The van der Waals surface area contributed by atoms with Crippen LogP contribution in [-0.2, 0) is 0 Å². The molecule has 11 rings (SSSR count). The molecule has 1 nitrogen and oxygen atoms in total. The van der Waals surface area contributed by atoms with Crippen molar-refractivity contribution < 1.29 is 0 Å². The van der Waals surface area contributed by atoms with Crippen molar-refractivity contribution in [2.24, 2.45) is 0 Å². The van der Waals surface area contributed by atoms with Gasteiger partial charge in [-0.05, 0) is 69.8 Å². The van der Waals surface area contributed by atoms with Gasteiger partial charge >= 0.3 is 0 Å². The zero-order valence-electron chi connectivity index (χ0n) is 28.7. The Hall–Kier alpha value is -6.26. The van der Waals surface area contributed by atoms with Crippen molar-refractivity contribution in [2.45, 2.75) is 0 Å². The number of nitrogens with zero attached hydrogens (tertiary/aromatic N) is 1. The molecule has 0 saturated heterocycles. The number of thiophene rings is 2. The lowest BCUT2D eigenvalue weighted by Gasteiger charge is -2.30. The highest BCUT2D eigenvalue weighted by atomic mass is 32.1. The lowest BCUT2D eigenvalue weighted by atomic mass is 9.96. The van der Waals surface area contributed by atoms with Crippen LogP contribution in [0.25, 0.3) is 84.1 Å². The van der Waals surface area contributed by atoms with E-state index in [1.807, 2.05) is 22.7 Å². The molecule has 2 aromatic heterocycles. The van der Waals surface area contributed by atoms with E-state index < -0.39 is 0 Å². The van der Waals surface area contributed by atoms with Crippen molar-refractivity contribution in [3.8, 4) is 22.3 Å². The number of fused-ring (bicyclic) bond motifs is 9. The van der Waals surface area contributed by atoms with Gasteiger partial charge in [0.05, 0.1) is 11.4 Å². The van der Waals surface area contributed by atoms with Gasteiger partial charge in [-0.15, -0.1) is 22.7 Å². The first-order valence-corrected chi connectivity index (χ1v) is 19.6. The van der Waals surface area contributed by atoms with E-state index in [2.05, 4.69) is 193 Å². The molecule has 0 saturated carbocycles. The Kier molecular flexibility index (Phi) is 6.97. The third-order valence-electron chi connectivity index (χ3n) is 10.7. The van der Waals surface area contributed by atoms with E-state index >= 15 is 0 Å². The number of hydrogen-bond donors (Lipinski definition) is 0. The van der Waals surface area contributed by atoms with E-state index in [1.165, 1.54) is 84.1 Å². The molecule has 53 heavy (non-hydrogen) atoms. The first kappa shape index (κ1) is 30.4. The SMILES string of the molecule is c1ccc(N(c2ccc(-c3cccc4sc5ccccc5c34)cc2)c2cc3ccccc3c3ccccc23)c(-c2cccc3c2sc2ccccc23)c1. The van der Waals surface area contributed by atoms with Crippen LogP contribution in [-0.4, -0.2) is 0 Å². The van der Waals surface area contributed by atoms with Crippen molar-refractivity contribution in [3.63, 3.8) is 0 Å². The third kappa shape index (κ3) is 4.82. The molecule has 0 aliphatic heterocycles. The van der Waals surface area contributed by atoms with Gasteiger partial charge in [-0.1, -0.05) is 146 Å². The first-order chi connectivity index (χ1) is 26.3. The van der Waals surface area contributed by atoms with E-state index in [0.717, 1.165) is 17.1 Å². The monoisotopic (exact) mass is 709 g/mol. The van der Waals surface area contributed by atoms with Crippen molar-refractivity contribution in [2.75, 3.05) is 4.90 Å². The Bertz CT molecular complexity index is 3180. The predicted molar refractivity (Wildman–Crippen MR) is 233 cm³/mol. The second-order valence-corrected chi connectivity index (χ2v) is 15.8. The fourth-order valence-electron chi connectivity index (χ4n) is 8.29. The Morgan fingerprint density at radius 2 is 0.925 bits per heavy atom. The predicted octanol–water partition coefficient (Wildman–Crippen LogP) is 15.5. The summed E-state index contributed by atoms with van der Waals surface area (Å²) >= 11 is 3.75. The average Bonchev–Trinajstić information content (AvgIpc) is 3.80. The lowest BCUT2D eigenvalue weighted by molar-refractivity contribution is 1.30. The van der Waals surface area contributed by atoms with Crippen molar-refractivity contribution in [1.29, 1.82) is 0 Å². The van der Waals surface area contributed by atoms with Crippen molar-refractivity contribution in [1.82, 2.24) is 0 Å². The summed E-state index contributed by atoms with van der Waals surface area (Å²) in [6.45, 7) is 0. The van der Waals surface area contributed by atoms with Gasteiger partial charge in [0.1, 0.15) is 0 Å². The first-order valence-electron chi connectivity index (χ1n) is 18.0. The summed E-state index contributed by atoms with van der Waals surface area (Å²) in [5.41, 5.74) is 8.38. The third-order valence-corrected chi connectivity index (χ3v) is 13.0. The molecule has 0 fully saturated rings. The summed E-state index contributed by atoms with van der Waals surface area (Å²) in [5, 5.41) is 10.2. The maximum atomic E-state index is 2.49. The molecule has 0 amide bonds. The number of benzene rings is 9. The van der Waals surface area contributed by atoms with Gasteiger partial charge in [0, 0.05) is 62.5 Å². The van der Waals surface area contributed by atoms with E-state index in [9.17, 15) is 0 Å². The van der Waals surface area contributed by atoms with Crippen LogP contribution in [0.2, 0.25) is 0 Å². The van der Waals surface area contributed by atoms with Gasteiger partial charge < -0.3 is 4.90 Å². The molecule has 0 spiro atoms. The van der Waals surface area contributed by atoms with Crippen LogP contribution in [0.1, 0.15) is 0 Å². The summed E-state index contributed by atoms with van der Waals surface area (Å²) in [6.07, 6.45) is 0. The second-order valence-electron chi connectivity index (χ2n) is 13.6. The minimum Gasteiger partial charge on any atom is -0.309 e. The van der Waals surface area contributed by atoms with Gasteiger partial charge in [-0.25, -0.2) is 0 Å². The zero-order valence-corrected chi connectivity index (χ0v) is 30.3. The maximum absolute atomic E-state index is 2.49. The molecule has 248 valence electrons. The zero-order chi connectivity index (χ0) is 34.9. The molecule has 0 atom stereocenters. The molecule has 9 aromatic carbocycles. The molecule has 0 N–H and O–H groups in total. The highest BCUT2D eigenvalue weighted by molar-refractivity contribution is 7.26. The molecule has 3 heteroatoms. The van der Waals surface area contributed by atoms with Crippen molar-refractivity contribution in [3.05, 3.63) is 188 Å². The topological polar surface area (TPSA) is 3.24 Å². The Morgan fingerprint density at radius 1 is 0.340 bits per heavy atom. The largest absolute Gasteiger partial charge is 0.309 e. The number of hydrogen-bond acceptors (Lipinski definition) is 3. The van der Waals surface area contributed by atoms with E-state index in [4.69, 9.17) is 0 Å². The van der Waals surface area contributed by atoms with Crippen LogP contribution in [0.15, 0.2) is 188 Å². The fourth-order valence-corrected chi connectivity index (χ4v) is 10.7. The Labute approximate surface area is 315 Å². The molecular formula is C50H31NS2. The molecule has 11 aromatic rings. The number of para-hydroxylation sites is 1. The van der Waals surface area contributed by atoms with Crippen LogP contribution < -0.4 is 4.90 Å². The Balaban J connectivity index is 1.16. The van der Waals surface area contributed by atoms with E-state index in [-0.39, 0.29) is 0 Å².